The lowest BCUT2D eigenvalue weighted by atomic mass is 10.0. The summed E-state index contributed by atoms with van der Waals surface area (Å²) in [7, 11) is 0. The lowest BCUT2D eigenvalue weighted by Gasteiger charge is -2.24. The van der Waals surface area contributed by atoms with E-state index in [1.54, 1.807) is 11.0 Å². The smallest absolute Gasteiger partial charge is 0.306 e. The van der Waals surface area contributed by atoms with E-state index in [2.05, 4.69) is 6.58 Å². The van der Waals surface area contributed by atoms with Gasteiger partial charge >= 0.3 is 5.97 Å². The Morgan fingerprint density at radius 3 is 2.48 bits per heavy atom. The van der Waals surface area contributed by atoms with E-state index < -0.39 is 5.97 Å². The maximum atomic E-state index is 12.6. The zero-order valence-corrected chi connectivity index (χ0v) is 12.1. The largest absolute Gasteiger partial charge is 0.481 e. The Morgan fingerprint density at radius 2 is 1.90 bits per heavy atom. The number of carbonyl (C=O) groups is 2. The van der Waals surface area contributed by atoms with Gasteiger partial charge in [-0.15, -0.1) is 6.58 Å². The monoisotopic (exact) mass is 287 g/mol. The first-order chi connectivity index (χ1) is 10.1. The number of rotatable bonds is 6. The van der Waals surface area contributed by atoms with Crippen LogP contribution in [0.25, 0.3) is 0 Å². The van der Waals surface area contributed by atoms with Gasteiger partial charge in [-0.2, -0.15) is 0 Å². The topological polar surface area (TPSA) is 57.6 Å². The van der Waals surface area contributed by atoms with Crippen molar-refractivity contribution in [3.05, 3.63) is 48.6 Å². The van der Waals surface area contributed by atoms with Crippen molar-refractivity contribution in [3.63, 3.8) is 0 Å². The van der Waals surface area contributed by atoms with Crippen LogP contribution < -0.4 is 0 Å². The lowest BCUT2D eigenvalue weighted by Crippen LogP contribution is -2.35. The van der Waals surface area contributed by atoms with E-state index in [0.717, 1.165) is 5.56 Å². The van der Waals surface area contributed by atoms with Crippen molar-refractivity contribution in [2.75, 3.05) is 6.54 Å². The van der Waals surface area contributed by atoms with Crippen LogP contribution in [0.15, 0.2) is 43.0 Å². The Hall–Kier alpha value is -2.10. The average molecular weight is 287 g/mol. The summed E-state index contributed by atoms with van der Waals surface area (Å²) in [6.07, 6.45) is 3.43. The molecule has 0 aromatic heterocycles. The van der Waals surface area contributed by atoms with Gasteiger partial charge in [0.05, 0.1) is 5.92 Å². The van der Waals surface area contributed by atoms with Crippen LogP contribution in [0.3, 0.4) is 0 Å². The second-order valence-corrected chi connectivity index (χ2v) is 5.54. The summed E-state index contributed by atoms with van der Waals surface area (Å²) in [6, 6.07) is 9.80. The molecule has 1 fully saturated rings. The highest BCUT2D eigenvalue weighted by Gasteiger charge is 2.35. The van der Waals surface area contributed by atoms with Crippen molar-refractivity contribution < 1.29 is 14.7 Å². The third kappa shape index (κ3) is 3.94. The van der Waals surface area contributed by atoms with Crippen molar-refractivity contribution in [2.45, 2.75) is 25.8 Å². The molecule has 1 N–H and O–H groups in total. The first kappa shape index (κ1) is 15.3. The second kappa shape index (κ2) is 7.07. The first-order valence-corrected chi connectivity index (χ1v) is 7.28. The van der Waals surface area contributed by atoms with Crippen molar-refractivity contribution in [2.24, 2.45) is 11.8 Å². The number of benzene rings is 1. The number of hydrogen-bond donors (Lipinski definition) is 1. The van der Waals surface area contributed by atoms with E-state index in [4.69, 9.17) is 5.11 Å². The van der Waals surface area contributed by atoms with Gasteiger partial charge < -0.3 is 10.0 Å². The normalized spacial score (nSPS) is 21.0. The van der Waals surface area contributed by atoms with Crippen LogP contribution in [0.5, 0.6) is 0 Å². The number of aliphatic carboxylic acids is 1. The molecule has 4 heteroatoms. The fourth-order valence-corrected chi connectivity index (χ4v) is 2.88. The van der Waals surface area contributed by atoms with E-state index in [1.807, 2.05) is 30.3 Å². The quantitative estimate of drug-likeness (QED) is 0.818. The van der Waals surface area contributed by atoms with Crippen molar-refractivity contribution in [1.29, 1.82) is 0 Å². The van der Waals surface area contributed by atoms with Gasteiger partial charge in [0, 0.05) is 19.0 Å². The third-order valence-corrected chi connectivity index (χ3v) is 4.01. The van der Waals surface area contributed by atoms with Gasteiger partial charge in [-0.1, -0.05) is 36.4 Å². The van der Waals surface area contributed by atoms with Crippen LogP contribution in [0, 0.1) is 11.8 Å². The molecule has 0 radical (unpaired) electrons. The number of amides is 1. The SMILES string of the molecule is C=CCN(Cc1ccccc1)C(=O)[C@H]1CC[C@@H](C(=O)O)C1. The van der Waals surface area contributed by atoms with Gasteiger partial charge in [-0.3, -0.25) is 9.59 Å². The maximum Gasteiger partial charge on any atom is 0.306 e. The molecule has 112 valence electrons. The predicted molar refractivity (Wildman–Crippen MR) is 80.5 cm³/mol. The zero-order chi connectivity index (χ0) is 15.2. The summed E-state index contributed by atoms with van der Waals surface area (Å²) in [5.74, 6) is -1.29. The van der Waals surface area contributed by atoms with Crippen LogP contribution in [0.4, 0.5) is 0 Å². The molecule has 1 aliphatic carbocycles. The molecule has 0 unspecified atom stereocenters. The van der Waals surface area contributed by atoms with Crippen LogP contribution in [-0.2, 0) is 16.1 Å². The summed E-state index contributed by atoms with van der Waals surface area (Å²) < 4.78 is 0. The first-order valence-electron chi connectivity index (χ1n) is 7.28. The van der Waals surface area contributed by atoms with E-state index in [9.17, 15) is 9.59 Å². The maximum absolute atomic E-state index is 12.6. The van der Waals surface area contributed by atoms with Crippen molar-refractivity contribution in [3.8, 4) is 0 Å². The van der Waals surface area contributed by atoms with Crippen LogP contribution in [-0.4, -0.2) is 28.4 Å². The average Bonchev–Trinajstić information content (AvgIpc) is 2.97. The Kier molecular flexibility index (Phi) is 5.14. The molecule has 21 heavy (non-hydrogen) atoms. The number of carbonyl (C=O) groups excluding carboxylic acids is 1. The Labute approximate surface area is 125 Å². The van der Waals surface area contributed by atoms with Gasteiger partial charge in [0.25, 0.3) is 0 Å². The van der Waals surface area contributed by atoms with Gasteiger partial charge in [-0.25, -0.2) is 0 Å². The molecule has 1 aromatic rings. The second-order valence-electron chi connectivity index (χ2n) is 5.54. The number of carboxylic acids is 1. The highest BCUT2D eigenvalue weighted by Crippen LogP contribution is 2.32. The number of carboxylic acid groups (broad SMARTS) is 1. The van der Waals surface area contributed by atoms with Crippen LogP contribution >= 0.6 is 0 Å². The number of hydrogen-bond acceptors (Lipinski definition) is 2. The number of nitrogens with zero attached hydrogens (tertiary/aromatic N) is 1. The summed E-state index contributed by atoms with van der Waals surface area (Å²) in [5.41, 5.74) is 1.07. The molecule has 2 atom stereocenters. The molecule has 1 amide bonds. The third-order valence-electron chi connectivity index (χ3n) is 4.01. The van der Waals surface area contributed by atoms with Crippen LogP contribution in [0.2, 0.25) is 0 Å². The standard InChI is InChI=1S/C17H21NO3/c1-2-10-18(12-13-6-4-3-5-7-13)16(19)14-8-9-15(11-14)17(20)21/h2-7,14-15H,1,8-12H2,(H,20,21)/t14-,15+/m0/s1. The minimum absolute atomic E-state index is 0.0440. The molecule has 1 saturated carbocycles. The molecule has 0 spiro atoms. The molecular weight excluding hydrogens is 266 g/mol. The van der Waals surface area contributed by atoms with Gasteiger partial charge in [0.1, 0.15) is 0 Å². The van der Waals surface area contributed by atoms with Gasteiger partial charge in [-0.05, 0) is 24.8 Å². The molecule has 4 nitrogen and oxygen atoms in total. The molecule has 0 aliphatic heterocycles. The zero-order valence-electron chi connectivity index (χ0n) is 12.1. The van der Waals surface area contributed by atoms with E-state index >= 15 is 0 Å². The molecule has 0 saturated heterocycles. The highest BCUT2D eigenvalue weighted by molar-refractivity contribution is 5.81. The summed E-state index contributed by atoms with van der Waals surface area (Å²) >= 11 is 0. The molecule has 2 rings (SSSR count). The summed E-state index contributed by atoms with van der Waals surface area (Å²) in [6.45, 7) is 4.74. The minimum atomic E-state index is -0.788. The predicted octanol–water partition coefficient (Wildman–Crippen LogP) is 2.70. The van der Waals surface area contributed by atoms with Crippen molar-refractivity contribution >= 4 is 11.9 Å². The molecule has 1 aromatic carbocycles. The Balaban J connectivity index is 2.02. The summed E-state index contributed by atoms with van der Waals surface area (Å²) in [4.78, 5) is 25.4. The molecule has 0 bridgehead atoms. The van der Waals surface area contributed by atoms with Crippen molar-refractivity contribution in [1.82, 2.24) is 4.90 Å². The minimum Gasteiger partial charge on any atom is -0.481 e. The summed E-state index contributed by atoms with van der Waals surface area (Å²) in [5, 5.41) is 9.05. The van der Waals surface area contributed by atoms with Gasteiger partial charge in [0.15, 0.2) is 0 Å². The van der Waals surface area contributed by atoms with E-state index in [1.165, 1.54) is 0 Å². The van der Waals surface area contributed by atoms with E-state index in [0.29, 0.717) is 32.4 Å². The fraction of sp³-hybridized carbons (Fsp3) is 0.412. The van der Waals surface area contributed by atoms with E-state index in [-0.39, 0.29) is 17.7 Å². The highest BCUT2D eigenvalue weighted by atomic mass is 16.4. The van der Waals surface area contributed by atoms with Gasteiger partial charge in [0.2, 0.25) is 5.91 Å². The molecular formula is C17H21NO3. The molecule has 1 aliphatic rings. The fourth-order valence-electron chi connectivity index (χ4n) is 2.88. The Morgan fingerprint density at radius 1 is 1.24 bits per heavy atom. The molecule has 0 heterocycles. The lowest BCUT2D eigenvalue weighted by molar-refractivity contribution is -0.141. The Bertz CT molecular complexity index is 512. The van der Waals surface area contributed by atoms with Crippen LogP contribution in [0.1, 0.15) is 24.8 Å².